The molecule has 0 spiro atoms. The molecule has 5 nitrogen and oxygen atoms in total. The van der Waals surface area contributed by atoms with Crippen molar-refractivity contribution in [2.75, 3.05) is 6.61 Å². The lowest BCUT2D eigenvalue weighted by Crippen LogP contribution is -2.14. The molecule has 0 unspecified atom stereocenters. The Kier molecular flexibility index (Phi) is 7.47. The van der Waals surface area contributed by atoms with Crippen molar-refractivity contribution in [2.24, 2.45) is 10.9 Å². The van der Waals surface area contributed by atoms with Crippen LogP contribution in [-0.2, 0) is 0 Å². The van der Waals surface area contributed by atoms with Gasteiger partial charge >= 0.3 is 0 Å². The van der Waals surface area contributed by atoms with E-state index in [-0.39, 0.29) is 5.84 Å². The van der Waals surface area contributed by atoms with Gasteiger partial charge in [-0.2, -0.15) is 0 Å². The first kappa shape index (κ1) is 16.3. The molecule has 0 atom stereocenters. The molecule has 1 heterocycles. The topological polar surface area (TPSA) is 80.7 Å². The summed E-state index contributed by atoms with van der Waals surface area (Å²) in [5, 5.41) is 11.7. The van der Waals surface area contributed by atoms with E-state index in [2.05, 4.69) is 17.1 Å². The molecule has 1 aromatic rings. The maximum atomic E-state index is 8.69. The molecule has 0 aliphatic heterocycles. The van der Waals surface area contributed by atoms with Crippen LogP contribution in [0, 0.1) is 6.92 Å². The van der Waals surface area contributed by atoms with E-state index in [0.717, 1.165) is 12.1 Å². The minimum Gasteiger partial charge on any atom is -0.478 e. The Morgan fingerprint density at radius 2 is 1.95 bits per heavy atom. The summed E-state index contributed by atoms with van der Waals surface area (Å²) in [7, 11) is 0. The second-order valence-corrected chi connectivity index (χ2v) is 4.94. The Morgan fingerprint density at radius 3 is 2.65 bits per heavy atom. The third-order valence-electron chi connectivity index (χ3n) is 3.08. The molecule has 112 valence electrons. The number of unbranched alkanes of at least 4 members (excludes halogenated alkanes) is 5. The number of aromatic nitrogens is 1. The molecule has 0 radical (unpaired) electrons. The van der Waals surface area contributed by atoms with Gasteiger partial charge in [-0.05, 0) is 19.4 Å². The van der Waals surface area contributed by atoms with Crippen LogP contribution in [-0.4, -0.2) is 22.6 Å². The van der Waals surface area contributed by atoms with Gasteiger partial charge in [0.15, 0.2) is 5.84 Å². The van der Waals surface area contributed by atoms with Gasteiger partial charge in [0, 0.05) is 17.3 Å². The zero-order valence-electron chi connectivity index (χ0n) is 12.4. The van der Waals surface area contributed by atoms with E-state index in [1.165, 1.54) is 32.1 Å². The van der Waals surface area contributed by atoms with Gasteiger partial charge < -0.3 is 15.7 Å². The van der Waals surface area contributed by atoms with Crippen molar-refractivity contribution in [3.8, 4) is 5.88 Å². The van der Waals surface area contributed by atoms with Crippen LogP contribution >= 0.6 is 0 Å². The highest BCUT2D eigenvalue weighted by Crippen LogP contribution is 2.13. The first-order valence-electron chi connectivity index (χ1n) is 7.26. The van der Waals surface area contributed by atoms with Gasteiger partial charge in [-0.15, -0.1) is 0 Å². The van der Waals surface area contributed by atoms with Gasteiger partial charge in [0.05, 0.1) is 6.61 Å². The molecular formula is C15H25N3O2. The monoisotopic (exact) mass is 279 g/mol. The number of hydrogen-bond acceptors (Lipinski definition) is 4. The quantitative estimate of drug-likeness (QED) is 0.239. The molecule has 3 N–H and O–H groups in total. The number of hydrogen-bond donors (Lipinski definition) is 2. The fourth-order valence-corrected chi connectivity index (χ4v) is 1.98. The Labute approximate surface area is 120 Å². The minimum absolute atomic E-state index is 0.0694. The Morgan fingerprint density at radius 1 is 1.25 bits per heavy atom. The molecule has 1 rings (SSSR count). The lowest BCUT2D eigenvalue weighted by atomic mass is 10.1. The predicted octanol–water partition coefficient (Wildman–Crippen LogP) is 3.22. The van der Waals surface area contributed by atoms with Crippen LogP contribution in [0.25, 0.3) is 0 Å². The fourth-order valence-electron chi connectivity index (χ4n) is 1.98. The molecule has 0 saturated heterocycles. The van der Waals surface area contributed by atoms with Crippen molar-refractivity contribution in [3.05, 3.63) is 23.4 Å². The average Bonchev–Trinajstić information content (AvgIpc) is 2.45. The molecule has 0 aliphatic carbocycles. The fraction of sp³-hybridized carbons (Fsp3) is 0.600. The third-order valence-corrected chi connectivity index (χ3v) is 3.08. The van der Waals surface area contributed by atoms with E-state index >= 15 is 0 Å². The van der Waals surface area contributed by atoms with Crippen LogP contribution in [0.2, 0.25) is 0 Å². The van der Waals surface area contributed by atoms with E-state index in [1.54, 1.807) is 12.1 Å². The van der Waals surface area contributed by atoms with Crippen molar-refractivity contribution >= 4 is 5.84 Å². The van der Waals surface area contributed by atoms with Gasteiger partial charge in [0.1, 0.15) is 0 Å². The number of pyridine rings is 1. The minimum atomic E-state index is 0.0694. The zero-order valence-corrected chi connectivity index (χ0v) is 12.4. The zero-order chi connectivity index (χ0) is 14.8. The molecule has 20 heavy (non-hydrogen) atoms. The highest BCUT2D eigenvalue weighted by molar-refractivity contribution is 5.97. The van der Waals surface area contributed by atoms with Crippen molar-refractivity contribution in [1.82, 2.24) is 4.98 Å². The second kappa shape index (κ2) is 9.18. The molecule has 1 aromatic heterocycles. The third kappa shape index (κ3) is 5.91. The SMILES string of the molecule is CCCCCCCCOc1cc(/C(N)=N/O)cc(C)n1. The smallest absolute Gasteiger partial charge is 0.214 e. The molecular weight excluding hydrogens is 254 g/mol. The standard InChI is InChI=1S/C15H25N3O2/c1-3-4-5-6-7-8-9-20-14-11-13(15(16)18-19)10-12(2)17-14/h10-11,19H,3-9H2,1-2H3,(H2,16,18). The summed E-state index contributed by atoms with van der Waals surface area (Å²) < 4.78 is 5.63. The molecule has 0 bridgehead atoms. The van der Waals surface area contributed by atoms with Crippen molar-refractivity contribution in [1.29, 1.82) is 0 Å². The van der Waals surface area contributed by atoms with Crippen LogP contribution in [0.4, 0.5) is 0 Å². The van der Waals surface area contributed by atoms with E-state index in [9.17, 15) is 0 Å². The van der Waals surface area contributed by atoms with E-state index < -0.39 is 0 Å². The average molecular weight is 279 g/mol. The maximum Gasteiger partial charge on any atom is 0.214 e. The Balaban J connectivity index is 2.38. The van der Waals surface area contributed by atoms with Gasteiger partial charge in [0.2, 0.25) is 5.88 Å². The van der Waals surface area contributed by atoms with Gasteiger partial charge in [0.25, 0.3) is 0 Å². The molecule has 5 heteroatoms. The first-order chi connectivity index (χ1) is 9.67. The lowest BCUT2D eigenvalue weighted by molar-refractivity contribution is 0.292. The largest absolute Gasteiger partial charge is 0.478 e. The van der Waals surface area contributed by atoms with E-state index in [4.69, 9.17) is 15.7 Å². The maximum absolute atomic E-state index is 8.69. The van der Waals surface area contributed by atoms with Gasteiger partial charge in [-0.3, -0.25) is 0 Å². The summed E-state index contributed by atoms with van der Waals surface area (Å²) in [6, 6.07) is 3.45. The highest BCUT2D eigenvalue weighted by atomic mass is 16.5. The summed E-state index contributed by atoms with van der Waals surface area (Å²) in [4.78, 5) is 4.28. The molecule has 0 aliphatic rings. The number of oxime groups is 1. The van der Waals surface area contributed by atoms with Crippen molar-refractivity contribution < 1.29 is 9.94 Å². The van der Waals surface area contributed by atoms with Gasteiger partial charge in [-0.1, -0.05) is 44.2 Å². The van der Waals surface area contributed by atoms with Gasteiger partial charge in [-0.25, -0.2) is 4.98 Å². The van der Waals surface area contributed by atoms with Crippen LogP contribution in [0.15, 0.2) is 17.3 Å². The number of nitrogens with zero attached hydrogens (tertiary/aromatic N) is 2. The molecule has 0 saturated carbocycles. The van der Waals surface area contributed by atoms with Crippen LogP contribution in [0.5, 0.6) is 5.88 Å². The number of amidine groups is 1. The second-order valence-electron chi connectivity index (χ2n) is 4.94. The normalized spacial score (nSPS) is 11.6. The Hall–Kier alpha value is -1.78. The summed E-state index contributed by atoms with van der Waals surface area (Å²) in [5.74, 6) is 0.597. The number of aryl methyl sites for hydroxylation is 1. The van der Waals surface area contributed by atoms with Crippen molar-refractivity contribution in [3.63, 3.8) is 0 Å². The summed E-state index contributed by atoms with van der Waals surface area (Å²) in [6.07, 6.45) is 7.33. The van der Waals surface area contributed by atoms with Crippen molar-refractivity contribution in [2.45, 2.75) is 52.4 Å². The van der Waals surface area contributed by atoms with E-state index in [1.807, 2.05) is 6.92 Å². The molecule has 0 amide bonds. The molecule has 0 aromatic carbocycles. The number of rotatable bonds is 9. The Bertz CT molecular complexity index is 433. The highest BCUT2D eigenvalue weighted by Gasteiger charge is 2.05. The summed E-state index contributed by atoms with van der Waals surface area (Å²) in [6.45, 7) is 4.72. The van der Waals surface area contributed by atoms with Crippen LogP contribution in [0.3, 0.4) is 0 Å². The van der Waals surface area contributed by atoms with Crippen LogP contribution in [0.1, 0.15) is 56.7 Å². The predicted molar refractivity (Wildman–Crippen MR) is 80.4 cm³/mol. The molecule has 0 fully saturated rings. The summed E-state index contributed by atoms with van der Waals surface area (Å²) in [5.41, 5.74) is 6.98. The number of nitrogens with two attached hydrogens (primary N) is 1. The lowest BCUT2D eigenvalue weighted by Gasteiger charge is -2.08. The van der Waals surface area contributed by atoms with E-state index in [0.29, 0.717) is 18.1 Å². The van der Waals surface area contributed by atoms with Crippen LogP contribution < -0.4 is 10.5 Å². The number of ether oxygens (including phenoxy) is 1. The summed E-state index contributed by atoms with van der Waals surface area (Å²) >= 11 is 0. The first-order valence-corrected chi connectivity index (χ1v) is 7.26.